The Morgan fingerprint density at radius 2 is 1.29 bits per heavy atom. The summed E-state index contributed by atoms with van der Waals surface area (Å²) in [6.07, 6.45) is -21.7. The van der Waals surface area contributed by atoms with Crippen molar-refractivity contribution < 1.29 is 115 Å². The van der Waals surface area contributed by atoms with Crippen LogP contribution >= 0.6 is 20.2 Å². The number of guanidine groups is 2. The summed E-state index contributed by atoms with van der Waals surface area (Å²) in [5, 5.41) is 81.2. The molecule has 5 saturated heterocycles. The van der Waals surface area contributed by atoms with Gasteiger partial charge in [0, 0.05) is 31.5 Å². The average molecular weight is 1250 g/mol. The molecule has 0 bridgehead atoms. The molecule has 26 atom stereocenters. The molecule has 16 N–H and O–H groups in total. The summed E-state index contributed by atoms with van der Waals surface area (Å²) in [7, 11) is 16.2. The van der Waals surface area contributed by atoms with Crippen LogP contribution in [0.4, 0.5) is 0 Å². The maximum atomic E-state index is 13.8. The molecule has 453 valence electrons. The molecule has 80 heavy (non-hydrogen) atoms. The summed E-state index contributed by atoms with van der Waals surface area (Å²) in [5.41, 5.74) is 17.6. The Morgan fingerprint density at radius 1 is 0.738 bits per heavy atom. The van der Waals surface area contributed by atoms with Gasteiger partial charge in [0.1, 0.15) is 102 Å². The van der Waals surface area contributed by atoms with Crippen LogP contribution in [0.3, 0.4) is 0 Å². The van der Waals surface area contributed by atoms with E-state index in [-0.39, 0.29) is 32.5 Å². The van der Waals surface area contributed by atoms with E-state index in [2.05, 4.69) is 15.3 Å². The van der Waals surface area contributed by atoms with Crippen LogP contribution in [0.2, 0.25) is 0 Å². The maximum Gasteiger partial charge on any atom is 0.188 e. The normalized spacial score (nSPS) is 43.6. The van der Waals surface area contributed by atoms with Crippen molar-refractivity contribution in [2.75, 3.05) is 47.2 Å². The zero-order valence-corrected chi connectivity index (χ0v) is 48.8. The van der Waals surface area contributed by atoms with E-state index in [1.807, 2.05) is 0 Å². The fraction of sp³-hybridized carbons (Fsp3) is 0.900. The number of likely N-dealkylation sites (N-methyl/N-ethyl adjacent to an activating group) is 1. The lowest BCUT2D eigenvalue weighted by atomic mass is 9.69. The highest BCUT2D eigenvalue weighted by atomic mass is 32.5. The molecule has 5 heterocycles. The van der Waals surface area contributed by atoms with Gasteiger partial charge in [-0.1, -0.05) is 41.5 Å². The highest BCUT2D eigenvalue weighted by Crippen LogP contribution is 2.49. The molecule has 40 heteroatoms. The van der Waals surface area contributed by atoms with Gasteiger partial charge in [-0.2, -0.15) is 0 Å². The van der Waals surface area contributed by atoms with Gasteiger partial charge in [-0.05, 0) is 40.2 Å². The van der Waals surface area contributed by atoms with Gasteiger partial charge < -0.3 is 144 Å². The molecule has 6 aliphatic rings. The molecule has 0 aromatic heterocycles. The van der Waals surface area contributed by atoms with Gasteiger partial charge >= 0.3 is 0 Å². The molecule has 5 aliphatic heterocycles. The smallest absolute Gasteiger partial charge is 0.188 e. The number of methoxy groups -OCH3 is 1. The Balaban J connectivity index is 1.12. The second-order valence-corrected chi connectivity index (χ2v) is 27.6. The lowest BCUT2D eigenvalue weighted by molar-refractivity contribution is -0.315. The first-order valence-electron chi connectivity index (χ1n) is 25.0. The zero-order valence-electron chi connectivity index (χ0n) is 43.7. The predicted octanol–water partition coefficient (Wildman–Crippen LogP) is -8.48. The summed E-state index contributed by atoms with van der Waals surface area (Å²) in [4.78, 5) is 47.4. The SMILES string of the molecule is [B]C1CC(OP([O-])(=S)OCC)C(COP([O-])(=S)OC2CC([B])OC2COP([O-])(=S)OC2CC([B]C=CC3(O)C(C)OC(OC4CC(O)(N=C(N)N)C(N=C(N)N)C(O)C4O)C3OC3OC(CO)C(O)C(O)C3NC)OC2COC)O1. The van der Waals surface area contributed by atoms with Crippen LogP contribution in [-0.4, -0.2) is 257 Å². The van der Waals surface area contributed by atoms with Crippen molar-refractivity contribution >= 4 is 90.5 Å². The van der Waals surface area contributed by atoms with E-state index < -0.39 is 198 Å². The first kappa shape index (κ1) is 68.5. The molecular weight excluding hydrogens is 1180 g/mol. The molecule has 6 fully saturated rings. The van der Waals surface area contributed by atoms with Gasteiger partial charge in [0.15, 0.2) is 37.5 Å². The molecule has 1 aliphatic carbocycles. The first-order chi connectivity index (χ1) is 37.4. The topological polar surface area (TPSA) is 481 Å². The lowest BCUT2D eigenvalue weighted by Crippen LogP contribution is -2.65. The Morgan fingerprint density at radius 3 is 1.80 bits per heavy atom. The Hall–Kier alpha value is -0.575. The van der Waals surface area contributed by atoms with Crippen LogP contribution in [0.1, 0.15) is 39.5 Å². The van der Waals surface area contributed by atoms with Gasteiger partial charge in [-0.25, -0.2) is 9.98 Å². The van der Waals surface area contributed by atoms with Gasteiger partial charge in [0.05, 0.1) is 69.6 Å². The van der Waals surface area contributed by atoms with Crippen LogP contribution in [0.15, 0.2) is 22.0 Å². The molecule has 1 saturated carbocycles. The monoisotopic (exact) mass is 1250 g/mol. The number of rotatable bonds is 27. The number of aliphatic imine (C=N–C) groups is 2. The molecular formula is C40H69B3N7O24P3S3-3. The number of ether oxygens (including phenoxy) is 8. The van der Waals surface area contributed by atoms with Gasteiger partial charge in [-0.3, -0.25) is 0 Å². The summed E-state index contributed by atoms with van der Waals surface area (Å²) in [6, 6.07) is -5.55. The largest absolute Gasteiger partial charge is 0.780 e. The molecule has 26 unspecified atom stereocenters. The fourth-order valence-corrected chi connectivity index (χ4v) is 14.4. The van der Waals surface area contributed by atoms with Gasteiger partial charge in [0.25, 0.3) is 0 Å². The van der Waals surface area contributed by atoms with E-state index in [0.29, 0.717) is 0 Å². The third-order valence-electron chi connectivity index (χ3n) is 13.7. The van der Waals surface area contributed by atoms with Crippen molar-refractivity contribution in [3.05, 3.63) is 12.1 Å². The quantitative estimate of drug-likeness (QED) is 0.0157. The van der Waals surface area contributed by atoms with E-state index in [9.17, 15) is 50.4 Å². The summed E-state index contributed by atoms with van der Waals surface area (Å²) in [5.74, 6) is 0.153. The maximum absolute atomic E-state index is 13.8. The Labute approximate surface area is 480 Å². The number of nitrogens with one attached hydrogen (secondary N) is 1. The molecule has 0 aromatic carbocycles. The second kappa shape index (κ2) is 29.0. The van der Waals surface area contributed by atoms with Crippen LogP contribution in [0.5, 0.6) is 0 Å². The Kier molecular flexibility index (Phi) is 24.8. The first-order valence-corrected chi connectivity index (χ1v) is 32.7. The highest BCUT2D eigenvalue weighted by Gasteiger charge is 2.60. The van der Waals surface area contributed by atoms with E-state index in [1.165, 1.54) is 40.4 Å². The van der Waals surface area contributed by atoms with Gasteiger partial charge in [-0.15, -0.1) is 5.98 Å². The molecule has 0 spiro atoms. The summed E-state index contributed by atoms with van der Waals surface area (Å²) >= 11 is 15.3. The van der Waals surface area contributed by atoms with E-state index in [4.69, 9.17) is 139 Å². The number of aliphatic hydroxyl groups excluding tert-OH is 5. The summed E-state index contributed by atoms with van der Waals surface area (Å²) in [6.45, 7) is -11.5. The minimum absolute atomic E-state index is 0.00732. The number of hydrogen-bond acceptors (Lipinski definition) is 30. The second-order valence-electron chi connectivity index (χ2n) is 19.5. The third-order valence-corrected chi connectivity index (χ3v) is 18.5. The van der Waals surface area contributed by atoms with Crippen molar-refractivity contribution in [1.29, 1.82) is 0 Å². The molecule has 0 amide bonds. The number of hydrogen-bond donors (Lipinski definition) is 12. The number of aliphatic hydroxyl groups is 7. The third kappa shape index (κ3) is 17.6. The van der Waals surface area contributed by atoms with Crippen LogP contribution in [-0.2, 0) is 100 Å². The fourth-order valence-electron chi connectivity index (χ4n) is 9.90. The number of nitrogens with zero attached hydrogens (tertiary/aromatic N) is 2. The van der Waals surface area contributed by atoms with E-state index >= 15 is 0 Å². The molecule has 0 aromatic rings. The van der Waals surface area contributed by atoms with E-state index in [0.717, 1.165) is 0 Å². The minimum Gasteiger partial charge on any atom is -0.780 e. The van der Waals surface area contributed by atoms with Crippen molar-refractivity contribution in [3.63, 3.8) is 0 Å². The molecule has 5 radical (unpaired) electrons. The Bertz CT molecular complexity index is 2290. The average Bonchev–Trinajstić information content (AvgIpc) is 4.12. The van der Waals surface area contributed by atoms with Crippen LogP contribution < -0.4 is 42.9 Å². The molecule has 6 rings (SSSR count). The van der Waals surface area contributed by atoms with Crippen molar-refractivity contribution in [2.45, 2.75) is 179 Å². The lowest BCUT2D eigenvalue weighted by Gasteiger charge is -2.46. The van der Waals surface area contributed by atoms with Crippen molar-refractivity contribution in [3.8, 4) is 0 Å². The standard InChI is InChI=1S/C40H72B3N7O24P3S3/c1-5-62-75(58,78)72-17-8-25(41)66-23(17)14-63-76(59,79)73-18-9-26(42)67-24(18)15-64-77(60,80)74-19-10-27(68-22(19)13-61-4)43-7-6-39(56)16(2)65-36(34(39)71-35-28(48-3)31(54)30(53)21(12-51)70-35)69-20-11-40(57,50-38(46)47)33(49-37(44)45)32(55)29(20)52/h6-7,16-36,48,51-57H,5,8-15H2,1-4H3,(H,58,78)(H,59,79)(H,60,80)(H4,44,45,49)(H4,46,47,50)/p-3. The molecule has 31 nitrogen and oxygen atoms in total. The van der Waals surface area contributed by atoms with Crippen LogP contribution in [0.25, 0.3) is 0 Å². The van der Waals surface area contributed by atoms with Crippen molar-refractivity contribution in [2.24, 2.45) is 32.9 Å². The predicted molar refractivity (Wildman–Crippen MR) is 286 cm³/mol. The zero-order chi connectivity index (χ0) is 59.3. The summed E-state index contributed by atoms with van der Waals surface area (Å²) < 4.78 is 80.1. The van der Waals surface area contributed by atoms with Crippen molar-refractivity contribution in [1.82, 2.24) is 5.32 Å². The van der Waals surface area contributed by atoms with E-state index in [1.54, 1.807) is 6.92 Å². The number of nitrogens with two attached hydrogens (primary N) is 4. The van der Waals surface area contributed by atoms with Gasteiger partial charge in [0.2, 0.25) is 0 Å². The minimum atomic E-state index is -4.42. The highest BCUT2D eigenvalue weighted by molar-refractivity contribution is 8.07. The van der Waals surface area contributed by atoms with Crippen LogP contribution in [0, 0.1) is 0 Å².